The van der Waals surface area contributed by atoms with Gasteiger partial charge in [-0.05, 0) is 51.7 Å². The number of hydrogen-bond acceptors (Lipinski definition) is 2. The molecule has 1 atom stereocenters. The van der Waals surface area contributed by atoms with E-state index in [4.69, 9.17) is 5.26 Å². The van der Waals surface area contributed by atoms with Crippen molar-refractivity contribution in [3.05, 3.63) is 29.8 Å². The second-order valence-corrected chi connectivity index (χ2v) is 6.02. The van der Waals surface area contributed by atoms with Crippen molar-refractivity contribution in [3.63, 3.8) is 0 Å². The third-order valence-electron chi connectivity index (χ3n) is 4.01. The highest BCUT2D eigenvalue weighted by atomic mass is 15.2. The first-order chi connectivity index (χ1) is 8.53. The van der Waals surface area contributed by atoms with Crippen molar-refractivity contribution in [2.75, 3.05) is 11.4 Å². The standard InChI is InChI=1S/C16H22N2/c1-13-4-6-15(7-5-13)18-11-9-14(8-10-17)12-16(18,2)3/h4-7,14H,8-9,11-12H2,1-3H3. The van der Waals surface area contributed by atoms with E-state index in [0.29, 0.717) is 12.3 Å². The lowest BCUT2D eigenvalue weighted by Gasteiger charge is -2.47. The van der Waals surface area contributed by atoms with Gasteiger partial charge in [0.05, 0.1) is 6.07 Å². The van der Waals surface area contributed by atoms with Gasteiger partial charge in [0.1, 0.15) is 0 Å². The van der Waals surface area contributed by atoms with Gasteiger partial charge in [-0.2, -0.15) is 5.26 Å². The Hall–Kier alpha value is -1.49. The first-order valence-electron chi connectivity index (χ1n) is 6.74. The zero-order valence-corrected chi connectivity index (χ0v) is 11.6. The van der Waals surface area contributed by atoms with Crippen LogP contribution in [0.5, 0.6) is 0 Å². The summed E-state index contributed by atoms with van der Waals surface area (Å²) in [7, 11) is 0. The van der Waals surface area contributed by atoms with Crippen molar-refractivity contribution >= 4 is 5.69 Å². The molecule has 0 amide bonds. The third kappa shape index (κ3) is 2.67. The normalized spacial score (nSPS) is 22.6. The van der Waals surface area contributed by atoms with E-state index in [1.54, 1.807) is 0 Å². The summed E-state index contributed by atoms with van der Waals surface area (Å²) in [5.74, 6) is 0.562. The van der Waals surface area contributed by atoms with Crippen molar-refractivity contribution in [1.82, 2.24) is 0 Å². The maximum atomic E-state index is 8.84. The first-order valence-corrected chi connectivity index (χ1v) is 6.74. The molecule has 0 N–H and O–H groups in total. The van der Waals surface area contributed by atoms with E-state index in [0.717, 1.165) is 19.4 Å². The van der Waals surface area contributed by atoms with Gasteiger partial charge in [0.15, 0.2) is 0 Å². The molecule has 1 fully saturated rings. The highest BCUT2D eigenvalue weighted by Crippen LogP contribution is 2.36. The van der Waals surface area contributed by atoms with Crippen LogP contribution in [0.3, 0.4) is 0 Å². The van der Waals surface area contributed by atoms with Crippen LogP contribution >= 0.6 is 0 Å². The molecular weight excluding hydrogens is 220 g/mol. The summed E-state index contributed by atoms with van der Waals surface area (Å²) in [6, 6.07) is 11.1. The molecule has 1 aromatic rings. The zero-order valence-electron chi connectivity index (χ0n) is 11.6. The summed E-state index contributed by atoms with van der Waals surface area (Å²) >= 11 is 0. The molecule has 18 heavy (non-hydrogen) atoms. The van der Waals surface area contributed by atoms with Gasteiger partial charge < -0.3 is 4.90 Å². The number of anilines is 1. The van der Waals surface area contributed by atoms with E-state index < -0.39 is 0 Å². The van der Waals surface area contributed by atoms with E-state index in [9.17, 15) is 0 Å². The summed E-state index contributed by atoms with van der Waals surface area (Å²) in [6.45, 7) is 7.75. The molecule has 2 nitrogen and oxygen atoms in total. The fraction of sp³-hybridized carbons (Fsp3) is 0.562. The topological polar surface area (TPSA) is 27.0 Å². The number of rotatable bonds is 2. The maximum absolute atomic E-state index is 8.84. The lowest BCUT2D eigenvalue weighted by molar-refractivity contribution is 0.277. The maximum Gasteiger partial charge on any atom is 0.0624 e. The van der Waals surface area contributed by atoms with Gasteiger partial charge in [-0.1, -0.05) is 17.7 Å². The van der Waals surface area contributed by atoms with Crippen LogP contribution in [0, 0.1) is 24.2 Å². The average Bonchev–Trinajstić information content (AvgIpc) is 2.30. The average molecular weight is 242 g/mol. The molecule has 1 saturated heterocycles. The Morgan fingerprint density at radius 3 is 2.56 bits per heavy atom. The SMILES string of the molecule is Cc1ccc(N2CCC(CC#N)CC2(C)C)cc1. The largest absolute Gasteiger partial charge is 0.366 e. The van der Waals surface area contributed by atoms with Crippen LogP contribution in [0.15, 0.2) is 24.3 Å². The molecule has 0 radical (unpaired) electrons. The van der Waals surface area contributed by atoms with Crippen LogP contribution in [0.25, 0.3) is 0 Å². The summed E-state index contributed by atoms with van der Waals surface area (Å²) in [5, 5.41) is 8.84. The molecule has 96 valence electrons. The molecular formula is C16H22N2. The number of nitrogens with zero attached hydrogens (tertiary/aromatic N) is 2. The second-order valence-electron chi connectivity index (χ2n) is 6.02. The van der Waals surface area contributed by atoms with Crippen molar-refractivity contribution in [2.45, 2.75) is 45.6 Å². The highest BCUT2D eigenvalue weighted by Gasteiger charge is 2.34. The molecule has 0 spiro atoms. The molecule has 1 heterocycles. The lowest BCUT2D eigenvalue weighted by atomic mass is 9.81. The minimum Gasteiger partial charge on any atom is -0.366 e. The number of nitriles is 1. The van der Waals surface area contributed by atoms with Gasteiger partial charge in [-0.15, -0.1) is 0 Å². The van der Waals surface area contributed by atoms with Crippen LogP contribution in [0.2, 0.25) is 0 Å². The van der Waals surface area contributed by atoms with Crippen LogP contribution in [0.1, 0.15) is 38.7 Å². The Balaban J connectivity index is 2.15. The summed E-state index contributed by atoms with van der Waals surface area (Å²) < 4.78 is 0. The third-order valence-corrected chi connectivity index (χ3v) is 4.01. The minimum absolute atomic E-state index is 0.148. The molecule has 2 heteroatoms. The van der Waals surface area contributed by atoms with Gasteiger partial charge in [0.2, 0.25) is 0 Å². The van der Waals surface area contributed by atoms with Gasteiger partial charge in [0, 0.05) is 24.2 Å². The van der Waals surface area contributed by atoms with Crippen molar-refractivity contribution in [2.24, 2.45) is 5.92 Å². The molecule has 0 aromatic heterocycles. The summed E-state index contributed by atoms with van der Waals surface area (Å²) in [5.41, 5.74) is 2.76. The Labute approximate surface area is 110 Å². The lowest BCUT2D eigenvalue weighted by Crippen LogP contribution is -2.50. The molecule has 1 aromatic carbocycles. The number of benzene rings is 1. The highest BCUT2D eigenvalue weighted by molar-refractivity contribution is 5.50. The Morgan fingerprint density at radius 1 is 1.33 bits per heavy atom. The van der Waals surface area contributed by atoms with Gasteiger partial charge in [-0.3, -0.25) is 0 Å². The molecule has 0 bridgehead atoms. The quantitative estimate of drug-likeness (QED) is 0.786. The monoisotopic (exact) mass is 242 g/mol. The Kier molecular flexibility index (Phi) is 3.61. The fourth-order valence-corrected chi connectivity index (χ4v) is 3.04. The minimum atomic E-state index is 0.148. The second kappa shape index (κ2) is 5.02. The van der Waals surface area contributed by atoms with Gasteiger partial charge in [-0.25, -0.2) is 0 Å². The predicted octanol–water partition coefficient (Wildman–Crippen LogP) is 3.90. The number of hydrogen-bond donors (Lipinski definition) is 0. The smallest absolute Gasteiger partial charge is 0.0624 e. The molecule has 1 unspecified atom stereocenters. The van der Waals surface area contributed by atoms with Crippen LogP contribution in [0.4, 0.5) is 5.69 Å². The van der Waals surface area contributed by atoms with Gasteiger partial charge in [0.25, 0.3) is 0 Å². The van der Waals surface area contributed by atoms with E-state index in [1.807, 2.05) is 0 Å². The number of piperidine rings is 1. The van der Waals surface area contributed by atoms with E-state index in [2.05, 4.69) is 56.0 Å². The van der Waals surface area contributed by atoms with E-state index in [1.165, 1.54) is 11.3 Å². The fourth-order valence-electron chi connectivity index (χ4n) is 3.04. The predicted molar refractivity (Wildman–Crippen MR) is 75.6 cm³/mol. The van der Waals surface area contributed by atoms with E-state index in [-0.39, 0.29) is 5.54 Å². The molecule has 2 rings (SSSR count). The summed E-state index contributed by atoms with van der Waals surface area (Å²) in [6.07, 6.45) is 2.93. The molecule has 0 aliphatic carbocycles. The molecule has 1 aliphatic heterocycles. The van der Waals surface area contributed by atoms with Crippen molar-refractivity contribution in [1.29, 1.82) is 5.26 Å². The van der Waals surface area contributed by atoms with Crippen LogP contribution in [-0.2, 0) is 0 Å². The van der Waals surface area contributed by atoms with E-state index >= 15 is 0 Å². The Morgan fingerprint density at radius 2 is 2.00 bits per heavy atom. The van der Waals surface area contributed by atoms with Gasteiger partial charge >= 0.3 is 0 Å². The first kappa shape index (κ1) is 13.0. The zero-order chi connectivity index (χ0) is 13.2. The molecule has 1 aliphatic rings. The van der Waals surface area contributed by atoms with Crippen LogP contribution in [-0.4, -0.2) is 12.1 Å². The van der Waals surface area contributed by atoms with Crippen molar-refractivity contribution in [3.8, 4) is 6.07 Å². The Bertz CT molecular complexity index is 439. The number of aryl methyl sites for hydroxylation is 1. The molecule has 0 saturated carbocycles. The summed E-state index contributed by atoms with van der Waals surface area (Å²) in [4.78, 5) is 2.49. The van der Waals surface area contributed by atoms with Crippen LogP contribution < -0.4 is 4.90 Å². The van der Waals surface area contributed by atoms with Crippen molar-refractivity contribution < 1.29 is 0 Å².